The molecule has 0 saturated carbocycles. The van der Waals surface area contributed by atoms with Crippen molar-refractivity contribution >= 4 is 64.5 Å². The van der Waals surface area contributed by atoms with Crippen LogP contribution in [0.3, 0.4) is 0 Å². The summed E-state index contributed by atoms with van der Waals surface area (Å²) in [4.78, 5) is 22.5. The van der Waals surface area contributed by atoms with Crippen molar-refractivity contribution in [2.24, 2.45) is 4.99 Å². The van der Waals surface area contributed by atoms with Crippen molar-refractivity contribution in [3.05, 3.63) is 29.3 Å². The summed E-state index contributed by atoms with van der Waals surface area (Å²) >= 11 is 20.2. The summed E-state index contributed by atoms with van der Waals surface area (Å²) in [5.41, 5.74) is 0.569. The molecule has 0 atom stereocenters. The monoisotopic (exact) mass is 299 g/mol. The molecule has 0 aliphatic rings. The fourth-order valence-electron chi connectivity index (χ4n) is 0.568. The van der Waals surface area contributed by atoms with Crippen LogP contribution in [0.15, 0.2) is 29.3 Å². The number of nitrogens with zero attached hydrogens (tertiary/aromatic N) is 1. The number of carbonyl (C=O) groups excluding carboxylic acids is 2. The van der Waals surface area contributed by atoms with Crippen molar-refractivity contribution in [1.82, 2.24) is 0 Å². The fourth-order valence-corrected chi connectivity index (χ4v) is 0.694. The number of hydrogen-bond acceptors (Lipinski definition) is 3. The van der Waals surface area contributed by atoms with Gasteiger partial charge in [0.25, 0.3) is 0 Å². The number of benzene rings is 1. The molecule has 0 fully saturated rings. The Kier molecular flexibility index (Phi) is 7.39. The summed E-state index contributed by atoms with van der Waals surface area (Å²) in [5.74, 6) is 0. The Morgan fingerprint density at radius 3 is 1.94 bits per heavy atom. The van der Waals surface area contributed by atoms with E-state index in [1.165, 1.54) is 6.08 Å². The summed E-state index contributed by atoms with van der Waals surface area (Å²) in [6, 6.07) is 6.62. The lowest BCUT2D eigenvalue weighted by molar-refractivity contribution is -0.107. The van der Waals surface area contributed by atoms with E-state index >= 15 is 0 Å². The first kappa shape index (κ1) is 15.4. The third-order valence-electron chi connectivity index (χ3n) is 1.13. The number of alkyl halides is 3. The van der Waals surface area contributed by atoms with Crippen LogP contribution in [0.4, 0.5) is 5.69 Å². The van der Waals surface area contributed by atoms with Crippen molar-refractivity contribution in [3.8, 4) is 0 Å². The smallest absolute Gasteiger partial charge is 0.245 e. The molecule has 0 saturated heterocycles. The van der Waals surface area contributed by atoms with Gasteiger partial charge in [-0.3, -0.25) is 4.79 Å². The normalized spacial score (nSPS) is 9.50. The molecule has 7 heteroatoms. The van der Waals surface area contributed by atoms with E-state index in [0.29, 0.717) is 10.7 Å². The summed E-state index contributed by atoms with van der Waals surface area (Å²) in [6.07, 6.45) is 1.67. The van der Waals surface area contributed by atoms with Gasteiger partial charge in [-0.05, 0) is 24.3 Å². The fraction of sp³-hybridized carbons (Fsp3) is 0.111. The quantitative estimate of drug-likeness (QED) is 0.342. The lowest BCUT2D eigenvalue weighted by Gasteiger charge is -1.93. The van der Waals surface area contributed by atoms with Crippen LogP contribution in [0, 0.1) is 0 Å². The molecule has 3 nitrogen and oxygen atoms in total. The lowest BCUT2D eigenvalue weighted by Crippen LogP contribution is -2.00. The summed E-state index contributed by atoms with van der Waals surface area (Å²) in [6.45, 7) is 0. The molecular weight excluding hydrogens is 296 g/mol. The minimum atomic E-state index is -1.72. The van der Waals surface area contributed by atoms with E-state index in [2.05, 4.69) is 4.99 Å². The number of halogens is 4. The van der Waals surface area contributed by atoms with Crippen LogP contribution in [0.5, 0.6) is 0 Å². The maximum Gasteiger partial charge on any atom is 0.245 e. The van der Waals surface area contributed by atoms with E-state index in [0.717, 1.165) is 0 Å². The van der Waals surface area contributed by atoms with Crippen LogP contribution < -0.4 is 0 Å². The van der Waals surface area contributed by atoms with E-state index in [9.17, 15) is 9.59 Å². The summed E-state index contributed by atoms with van der Waals surface area (Å²) in [5, 5.41) is 0.629. The van der Waals surface area contributed by atoms with Gasteiger partial charge in [0.15, 0.2) is 6.29 Å². The molecule has 0 heterocycles. The van der Waals surface area contributed by atoms with Gasteiger partial charge in [0.1, 0.15) is 0 Å². The molecule has 0 aliphatic heterocycles. The molecule has 16 heavy (non-hydrogen) atoms. The highest BCUT2D eigenvalue weighted by molar-refractivity contribution is 6.74. The summed E-state index contributed by atoms with van der Waals surface area (Å²) in [7, 11) is 0. The Bertz CT molecular complexity index is 379. The number of aliphatic imine (C=N–C) groups is 1. The van der Waals surface area contributed by atoms with Crippen LogP contribution in [-0.2, 0) is 9.59 Å². The van der Waals surface area contributed by atoms with E-state index in [-0.39, 0.29) is 6.29 Å². The maximum atomic E-state index is 9.73. The molecule has 0 unspecified atom stereocenters. The molecule has 0 amide bonds. The summed E-state index contributed by atoms with van der Waals surface area (Å²) < 4.78 is -1.72. The SMILES string of the molecule is O=C=Nc1ccc(Cl)cc1.O=CC(Cl)(Cl)Cl. The van der Waals surface area contributed by atoms with Gasteiger partial charge in [-0.25, -0.2) is 4.79 Å². The molecule has 0 spiro atoms. The number of isocyanates is 1. The average molecular weight is 301 g/mol. The largest absolute Gasteiger partial charge is 0.299 e. The number of rotatable bonds is 1. The highest BCUT2D eigenvalue weighted by atomic mass is 35.6. The topological polar surface area (TPSA) is 46.5 Å². The molecule has 0 radical (unpaired) electrons. The van der Waals surface area contributed by atoms with Gasteiger partial charge < -0.3 is 0 Å². The van der Waals surface area contributed by atoms with Crippen LogP contribution in [0.1, 0.15) is 0 Å². The van der Waals surface area contributed by atoms with Gasteiger partial charge in [0, 0.05) is 5.02 Å². The van der Waals surface area contributed by atoms with Crippen molar-refractivity contribution in [2.45, 2.75) is 3.79 Å². The molecule has 1 rings (SSSR count). The molecule has 0 aliphatic carbocycles. The number of aldehydes is 1. The minimum Gasteiger partial charge on any atom is -0.299 e. The predicted molar refractivity (Wildman–Crippen MR) is 65.6 cm³/mol. The van der Waals surface area contributed by atoms with E-state index in [4.69, 9.17) is 46.4 Å². The van der Waals surface area contributed by atoms with E-state index in [1.807, 2.05) is 0 Å². The van der Waals surface area contributed by atoms with E-state index < -0.39 is 3.79 Å². The van der Waals surface area contributed by atoms with E-state index in [1.54, 1.807) is 24.3 Å². The highest BCUT2D eigenvalue weighted by Crippen LogP contribution is 2.21. The maximum absolute atomic E-state index is 9.73. The van der Waals surface area contributed by atoms with Gasteiger partial charge in [0.2, 0.25) is 9.87 Å². The Morgan fingerprint density at radius 1 is 1.19 bits per heavy atom. The van der Waals surface area contributed by atoms with Crippen LogP contribution in [-0.4, -0.2) is 16.2 Å². The van der Waals surface area contributed by atoms with Gasteiger partial charge in [-0.15, -0.1) is 0 Å². The minimum absolute atomic E-state index is 0.234. The molecular formula is C9H5Cl4NO2. The second-order valence-corrected chi connectivity index (χ2v) is 5.14. The van der Waals surface area contributed by atoms with Crippen LogP contribution in [0.25, 0.3) is 0 Å². The first-order chi connectivity index (χ1) is 7.39. The zero-order chi connectivity index (χ0) is 12.6. The highest BCUT2D eigenvalue weighted by Gasteiger charge is 2.16. The molecule has 0 N–H and O–H groups in total. The van der Waals surface area contributed by atoms with Gasteiger partial charge in [0.05, 0.1) is 5.69 Å². The molecule has 1 aromatic carbocycles. The Labute approximate surface area is 112 Å². The number of carbonyl (C=O) groups is 1. The Balaban J connectivity index is 0.000000325. The first-order valence-corrected chi connectivity index (χ1v) is 5.26. The lowest BCUT2D eigenvalue weighted by atomic mass is 10.3. The second kappa shape index (κ2) is 7.66. The van der Waals surface area contributed by atoms with Crippen LogP contribution >= 0.6 is 46.4 Å². The van der Waals surface area contributed by atoms with Crippen molar-refractivity contribution < 1.29 is 9.59 Å². The Hall–Kier alpha value is -0.570. The van der Waals surface area contributed by atoms with Gasteiger partial charge in [-0.1, -0.05) is 46.4 Å². The molecule has 0 bridgehead atoms. The van der Waals surface area contributed by atoms with Crippen molar-refractivity contribution in [3.63, 3.8) is 0 Å². The molecule has 1 aromatic rings. The predicted octanol–water partition coefficient (Wildman–Crippen LogP) is 3.86. The number of hydrogen-bond donors (Lipinski definition) is 0. The third kappa shape index (κ3) is 8.72. The second-order valence-electron chi connectivity index (χ2n) is 2.34. The zero-order valence-corrected chi connectivity index (χ0v) is 10.7. The standard InChI is InChI=1S/C7H4ClNO.C2HCl3O/c8-6-1-3-7(4-2-6)9-5-10;3-2(4,5)1-6/h1-4H;1H. The first-order valence-electron chi connectivity index (χ1n) is 3.75. The van der Waals surface area contributed by atoms with Crippen molar-refractivity contribution in [2.75, 3.05) is 0 Å². The average Bonchev–Trinajstić information content (AvgIpc) is 2.22. The Morgan fingerprint density at radius 2 is 1.62 bits per heavy atom. The zero-order valence-electron chi connectivity index (χ0n) is 7.66. The van der Waals surface area contributed by atoms with Crippen LogP contribution in [0.2, 0.25) is 5.02 Å². The van der Waals surface area contributed by atoms with Gasteiger partial charge >= 0.3 is 0 Å². The van der Waals surface area contributed by atoms with Crippen molar-refractivity contribution in [1.29, 1.82) is 0 Å². The van der Waals surface area contributed by atoms with Gasteiger partial charge in [-0.2, -0.15) is 4.99 Å². The molecule has 86 valence electrons. The molecule has 0 aromatic heterocycles. The third-order valence-corrected chi connectivity index (χ3v) is 1.65.